The van der Waals surface area contributed by atoms with Crippen LogP contribution in [-0.4, -0.2) is 9.97 Å². The van der Waals surface area contributed by atoms with Crippen LogP contribution in [0.5, 0.6) is 0 Å². The van der Waals surface area contributed by atoms with Crippen molar-refractivity contribution in [2.45, 2.75) is 6.92 Å². The van der Waals surface area contributed by atoms with E-state index in [-0.39, 0.29) is 0 Å². The van der Waals surface area contributed by atoms with Crippen molar-refractivity contribution in [1.29, 1.82) is 0 Å². The third-order valence-corrected chi connectivity index (χ3v) is 2.90. The average Bonchev–Trinajstić information content (AvgIpc) is 2.68. The Hall–Kier alpha value is -1.48. The quantitative estimate of drug-likeness (QED) is 0.747. The van der Waals surface area contributed by atoms with Gasteiger partial charge in [0, 0.05) is 27.7 Å². The van der Waals surface area contributed by atoms with Crippen LogP contribution in [0.1, 0.15) is 11.8 Å². The number of rotatable bonds is 2. The van der Waals surface area contributed by atoms with E-state index in [0.717, 1.165) is 5.56 Å². The summed E-state index contributed by atoms with van der Waals surface area (Å²) in [5.41, 5.74) is 1.08. The molecule has 2 nitrogen and oxygen atoms in total. The molecule has 0 amide bonds. The molecule has 70 valence electrons. The van der Waals surface area contributed by atoms with Crippen LogP contribution >= 0.6 is 11.3 Å². The van der Waals surface area contributed by atoms with Crippen molar-refractivity contribution in [3.8, 4) is 10.4 Å². The van der Waals surface area contributed by atoms with Crippen LogP contribution in [0.15, 0.2) is 36.9 Å². The molecule has 0 aromatic carbocycles. The van der Waals surface area contributed by atoms with Gasteiger partial charge in [0.1, 0.15) is 6.33 Å². The molecule has 2 rings (SSSR count). The lowest BCUT2D eigenvalue weighted by atomic mass is 10.3. The first-order valence-corrected chi connectivity index (χ1v) is 5.19. The molecule has 0 N–H and O–H groups in total. The lowest BCUT2D eigenvalue weighted by Crippen LogP contribution is -1.77. The smallest absolute Gasteiger partial charge is 0.115 e. The number of hydrogen-bond donors (Lipinski definition) is 0. The van der Waals surface area contributed by atoms with E-state index < -0.39 is 0 Å². The standard InChI is InChI=1S/C11H10N2S/c1-2-3-10-4-5-11(14-10)9-6-12-8-13-7-9/h2-8H,1H3. The highest BCUT2D eigenvalue weighted by Gasteiger charge is 2.00. The Morgan fingerprint density at radius 2 is 2.00 bits per heavy atom. The van der Waals surface area contributed by atoms with Crippen LogP contribution in [0.4, 0.5) is 0 Å². The SMILES string of the molecule is CC=Cc1ccc(-c2cncnc2)s1. The van der Waals surface area contributed by atoms with Crippen molar-refractivity contribution in [2.24, 2.45) is 0 Å². The third-order valence-electron chi connectivity index (χ3n) is 1.80. The highest BCUT2D eigenvalue weighted by atomic mass is 32.1. The maximum absolute atomic E-state index is 3.99. The van der Waals surface area contributed by atoms with E-state index in [0.29, 0.717) is 0 Å². The van der Waals surface area contributed by atoms with E-state index in [1.165, 1.54) is 9.75 Å². The minimum atomic E-state index is 1.08. The normalized spacial score (nSPS) is 10.9. The average molecular weight is 202 g/mol. The van der Waals surface area contributed by atoms with E-state index >= 15 is 0 Å². The van der Waals surface area contributed by atoms with Crippen molar-refractivity contribution in [2.75, 3.05) is 0 Å². The van der Waals surface area contributed by atoms with Crippen LogP contribution in [0.3, 0.4) is 0 Å². The summed E-state index contributed by atoms with van der Waals surface area (Å²) in [5, 5.41) is 0. The first kappa shape index (κ1) is 9.09. The summed E-state index contributed by atoms with van der Waals surface area (Å²) in [7, 11) is 0. The molecule has 2 aromatic heterocycles. The first-order valence-electron chi connectivity index (χ1n) is 4.38. The number of thiophene rings is 1. The van der Waals surface area contributed by atoms with Gasteiger partial charge in [0.05, 0.1) is 0 Å². The summed E-state index contributed by atoms with van der Waals surface area (Å²) in [6.45, 7) is 2.02. The Kier molecular flexibility index (Phi) is 2.70. The fraction of sp³-hybridized carbons (Fsp3) is 0.0909. The second-order valence-corrected chi connectivity index (χ2v) is 3.94. The van der Waals surface area contributed by atoms with Gasteiger partial charge in [-0.2, -0.15) is 0 Å². The Balaban J connectivity index is 2.34. The van der Waals surface area contributed by atoms with Crippen LogP contribution in [0.25, 0.3) is 16.5 Å². The maximum atomic E-state index is 3.99. The van der Waals surface area contributed by atoms with Crippen LogP contribution in [-0.2, 0) is 0 Å². The summed E-state index contributed by atoms with van der Waals surface area (Å²) in [6, 6.07) is 4.20. The van der Waals surface area contributed by atoms with Gasteiger partial charge in [-0.3, -0.25) is 0 Å². The predicted octanol–water partition coefficient (Wildman–Crippen LogP) is 3.24. The molecule has 0 bridgehead atoms. The van der Waals surface area contributed by atoms with Gasteiger partial charge in [-0.1, -0.05) is 6.08 Å². The fourth-order valence-electron chi connectivity index (χ4n) is 1.19. The van der Waals surface area contributed by atoms with Crippen LogP contribution in [0.2, 0.25) is 0 Å². The van der Waals surface area contributed by atoms with E-state index in [4.69, 9.17) is 0 Å². The van der Waals surface area contributed by atoms with Crippen LogP contribution < -0.4 is 0 Å². The molecule has 0 fully saturated rings. The summed E-state index contributed by atoms with van der Waals surface area (Å²) < 4.78 is 0. The first-order chi connectivity index (χ1) is 6.90. The molecule has 0 unspecified atom stereocenters. The Morgan fingerprint density at radius 3 is 2.71 bits per heavy atom. The Labute approximate surface area is 87.0 Å². The summed E-state index contributed by atoms with van der Waals surface area (Å²) in [4.78, 5) is 10.5. The second-order valence-electron chi connectivity index (χ2n) is 2.83. The highest BCUT2D eigenvalue weighted by Crippen LogP contribution is 2.27. The molecule has 0 aliphatic heterocycles. The van der Waals surface area contributed by atoms with Crippen molar-refractivity contribution >= 4 is 17.4 Å². The Bertz CT molecular complexity index is 432. The van der Waals surface area contributed by atoms with Gasteiger partial charge in [0.2, 0.25) is 0 Å². The van der Waals surface area contributed by atoms with E-state index in [1.54, 1.807) is 17.7 Å². The minimum absolute atomic E-state index is 1.08. The third kappa shape index (κ3) is 1.88. The molecule has 0 radical (unpaired) electrons. The zero-order valence-corrected chi connectivity index (χ0v) is 8.66. The molecule has 2 heterocycles. The molecule has 0 aliphatic rings. The number of aromatic nitrogens is 2. The number of nitrogens with zero attached hydrogens (tertiary/aromatic N) is 2. The van der Waals surface area contributed by atoms with Crippen LogP contribution in [0, 0.1) is 0 Å². The van der Waals surface area contributed by atoms with E-state index in [9.17, 15) is 0 Å². The monoisotopic (exact) mass is 202 g/mol. The number of allylic oxidation sites excluding steroid dienone is 1. The molecule has 3 heteroatoms. The highest BCUT2D eigenvalue weighted by molar-refractivity contribution is 7.16. The van der Waals surface area contributed by atoms with Crippen molar-refractivity contribution < 1.29 is 0 Å². The lowest BCUT2D eigenvalue weighted by molar-refractivity contribution is 1.17. The molecule has 0 saturated carbocycles. The molecule has 0 atom stereocenters. The van der Waals surface area contributed by atoms with Gasteiger partial charge in [-0.25, -0.2) is 9.97 Å². The van der Waals surface area contributed by atoms with Gasteiger partial charge >= 0.3 is 0 Å². The van der Waals surface area contributed by atoms with Gasteiger partial charge < -0.3 is 0 Å². The largest absolute Gasteiger partial charge is 0.244 e. The Morgan fingerprint density at radius 1 is 1.21 bits per heavy atom. The minimum Gasteiger partial charge on any atom is -0.244 e. The number of hydrogen-bond acceptors (Lipinski definition) is 3. The van der Waals surface area contributed by atoms with Gasteiger partial charge in [-0.05, 0) is 25.1 Å². The maximum Gasteiger partial charge on any atom is 0.115 e. The van der Waals surface area contributed by atoms with Crippen molar-refractivity contribution in [1.82, 2.24) is 9.97 Å². The van der Waals surface area contributed by atoms with E-state index in [2.05, 4.69) is 28.2 Å². The second kappa shape index (κ2) is 4.15. The molecule has 0 spiro atoms. The summed E-state index contributed by atoms with van der Waals surface area (Å²) in [6.07, 6.45) is 9.34. The molecule has 14 heavy (non-hydrogen) atoms. The van der Waals surface area contributed by atoms with Gasteiger partial charge in [-0.15, -0.1) is 11.3 Å². The fourth-order valence-corrected chi connectivity index (χ4v) is 2.14. The van der Waals surface area contributed by atoms with Crippen molar-refractivity contribution in [3.63, 3.8) is 0 Å². The van der Waals surface area contributed by atoms with Gasteiger partial charge in [0.25, 0.3) is 0 Å². The summed E-state index contributed by atoms with van der Waals surface area (Å²) >= 11 is 1.74. The van der Waals surface area contributed by atoms with E-state index in [1.807, 2.05) is 25.4 Å². The molecular weight excluding hydrogens is 192 g/mol. The summed E-state index contributed by atoms with van der Waals surface area (Å²) in [5.74, 6) is 0. The molecule has 0 aliphatic carbocycles. The van der Waals surface area contributed by atoms with Crippen molar-refractivity contribution in [3.05, 3.63) is 41.8 Å². The molecule has 0 saturated heterocycles. The topological polar surface area (TPSA) is 25.8 Å². The molecular formula is C11H10N2S. The predicted molar refractivity (Wildman–Crippen MR) is 60.1 cm³/mol. The zero-order chi connectivity index (χ0) is 9.80. The zero-order valence-electron chi connectivity index (χ0n) is 7.84. The lowest BCUT2D eigenvalue weighted by Gasteiger charge is -1.92. The molecule has 2 aromatic rings. The van der Waals surface area contributed by atoms with Gasteiger partial charge in [0.15, 0.2) is 0 Å².